The summed E-state index contributed by atoms with van der Waals surface area (Å²) in [5.41, 5.74) is 15.5. The van der Waals surface area contributed by atoms with E-state index in [1.807, 2.05) is 12.1 Å². The molecule has 2 aromatic heterocycles. The van der Waals surface area contributed by atoms with Crippen LogP contribution < -0.4 is 4.90 Å². The Bertz CT molecular complexity index is 4240. The predicted molar refractivity (Wildman–Crippen MR) is 292 cm³/mol. The summed E-state index contributed by atoms with van der Waals surface area (Å²) in [5.74, 6) is 0. The Balaban J connectivity index is 0.873. The van der Waals surface area contributed by atoms with Crippen LogP contribution >= 0.6 is 0 Å². The molecule has 0 saturated heterocycles. The standard InChI is InChI=1S/C66H42N2O/c1-3-14-43(15-4-1)46-30-38-63-61(40-46)62-41-47(31-39-64(62)68(63)51-36-37-57-55-20-8-7-18-53(55)54-19-9-10-21-56(54)60(57)42-51)44-26-32-49(33-27-44)67(48-16-5-2-6-17-48)50-34-28-45(29-35-50)52-23-13-24-59-58-22-11-12-25-65(58)69-66(52)59/h1-42H. The number of aromatic nitrogens is 1. The van der Waals surface area contributed by atoms with E-state index >= 15 is 0 Å². The first-order valence-corrected chi connectivity index (χ1v) is 23.7. The number of benzene rings is 12. The molecule has 14 aromatic rings. The first kappa shape index (κ1) is 39.0. The van der Waals surface area contributed by atoms with E-state index in [0.717, 1.165) is 61.4 Å². The number of hydrogen-bond acceptors (Lipinski definition) is 2. The molecule has 0 fully saturated rings. The minimum absolute atomic E-state index is 0.906. The summed E-state index contributed by atoms with van der Waals surface area (Å²) < 4.78 is 8.87. The highest BCUT2D eigenvalue weighted by Gasteiger charge is 2.19. The van der Waals surface area contributed by atoms with Gasteiger partial charge in [0.25, 0.3) is 0 Å². The molecular weight excluding hydrogens is 837 g/mol. The highest BCUT2D eigenvalue weighted by atomic mass is 16.3. The molecule has 0 bridgehead atoms. The lowest BCUT2D eigenvalue weighted by atomic mass is 9.94. The van der Waals surface area contributed by atoms with Gasteiger partial charge in [0.1, 0.15) is 11.2 Å². The van der Waals surface area contributed by atoms with Crippen LogP contribution in [0.15, 0.2) is 259 Å². The minimum atomic E-state index is 0.906. The molecule has 0 N–H and O–H groups in total. The van der Waals surface area contributed by atoms with E-state index in [2.05, 4.69) is 252 Å². The zero-order valence-corrected chi connectivity index (χ0v) is 37.6. The van der Waals surface area contributed by atoms with Crippen molar-refractivity contribution >= 4 is 93.1 Å². The molecule has 0 amide bonds. The van der Waals surface area contributed by atoms with Gasteiger partial charge < -0.3 is 13.9 Å². The molecule has 3 heteroatoms. The van der Waals surface area contributed by atoms with Crippen molar-refractivity contribution in [2.24, 2.45) is 0 Å². The first-order valence-electron chi connectivity index (χ1n) is 23.7. The summed E-state index contributed by atoms with van der Waals surface area (Å²) in [4.78, 5) is 2.33. The molecule has 14 rings (SSSR count). The second kappa shape index (κ2) is 15.7. The monoisotopic (exact) mass is 878 g/mol. The van der Waals surface area contributed by atoms with Crippen molar-refractivity contribution in [3.63, 3.8) is 0 Å². The van der Waals surface area contributed by atoms with Crippen LogP contribution in [0.25, 0.3) is 115 Å². The number of fused-ring (bicyclic) bond motifs is 12. The van der Waals surface area contributed by atoms with Crippen LogP contribution in [0.4, 0.5) is 17.1 Å². The van der Waals surface area contributed by atoms with Crippen molar-refractivity contribution in [3.05, 3.63) is 255 Å². The molecular formula is C66H42N2O. The molecule has 0 aliphatic rings. The number of nitrogens with zero attached hydrogens (tertiary/aromatic N) is 2. The highest BCUT2D eigenvalue weighted by Crippen LogP contribution is 2.43. The topological polar surface area (TPSA) is 21.3 Å². The maximum Gasteiger partial charge on any atom is 0.143 e. The Kier molecular flexibility index (Phi) is 8.90. The van der Waals surface area contributed by atoms with Gasteiger partial charge in [-0.15, -0.1) is 0 Å². The summed E-state index contributed by atoms with van der Waals surface area (Å²) in [6, 6.07) is 92.4. The van der Waals surface area contributed by atoms with Crippen molar-refractivity contribution in [1.82, 2.24) is 4.57 Å². The fourth-order valence-electron chi connectivity index (χ4n) is 10.9. The normalized spacial score (nSPS) is 11.8. The van der Waals surface area contributed by atoms with Gasteiger partial charge in [0.2, 0.25) is 0 Å². The van der Waals surface area contributed by atoms with Gasteiger partial charge in [-0.1, -0.05) is 176 Å². The van der Waals surface area contributed by atoms with Crippen LogP contribution in [-0.4, -0.2) is 4.57 Å². The summed E-state index contributed by atoms with van der Waals surface area (Å²) in [6.07, 6.45) is 0. The number of anilines is 3. The Morgan fingerprint density at radius 1 is 0.275 bits per heavy atom. The van der Waals surface area contributed by atoms with Crippen molar-refractivity contribution in [2.75, 3.05) is 4.90 Å². The van der Waals surface area contributed by atoms with Gasteiger partial charge >= 0.3 is 0 Å². The predicted octanol–water partition coefficient (Wildman–Crippen LogP) is 18.6. The fourth-order valence-corrected chi connectivity index (χ4v) is 10.9. The molecule has 0 radical (unpaired) electrons. The van der Waals surface area contributed by atoms with Crippen molar-refractivity contribution in [2.45, 2.75) is 0 Å². The van der Waals surface area contributed by atoms with E-state index in [9.17, 15) is 0 Å². The van der Waals surface area contributed by atoms with Gasteiger partial charge in [-0.05, 0) is 139 Å². The number of rotatable bonds is 7. The Morgan fingerprint density at radius 2 is 0.739 bits per heavy atom. The molecule has 69 heavy (non-hydrogen) atoms. The quantitative estimate of drug-likeness (QED) is 0.149. The van der Waals surface area contributed by atoms with Crippen LogP contribution in [0.3, 0.4) is 0 Å². The highest BCUT2D eigenvalue weighted by molar-refractivity contribution is 6.26. The molecule has 0 unspecified atom stereocenters. The average Bonchev–Trinajstić information content (AvgIpc) is 3.97. The lowest BCUT2D eigenvalue weighted by Gasteiger charge is -2.26. The van der Waals surface area contributed by atoms with Crippen LogP contribution in [0, 0.1) is 0 Å². The molecule has 0 atom stereocenters. The second-order valence-corrected chi connectivity index (χ2v) is 18.0. The van der Waals surface area contributed by atoms with E-state index < -0.39 is 0 Å². The van der Waals surface area contributed by atoms with Crippen LogP contribution in [0.1, 0.15) is 0 Å². The molecule has 2 heterocycles. The van der Waals surface area contributed by atoms with E-state index in [1.54, 1.807) is 0 Å². The Hall–Kier alpha value is -9.18. The van der Waals surface area contributed by atoms with Crippen molar-refractivity contribution < 1.29 is 4.42 Å². The van der Waals surface area contributed by atoms with Gasteiger partial charge in [-0.3, -0.25) is 0 Å². The van der Waals surface area contributed by atoms with Crippen LogP contribution in [0.2, 0.25) is 0 Å². The molecule has 12 aromatic carbocycles. The van der Waals surface area contributed by atoms with Crippen LogP contribution in [0.5, 0.6) is 0 Å². The van der Waals surface area contributed by atoms with Gasteiger partial charge in [0.15, 0.2) is 0 Å². The average molecular weight is 879 g/mol. The lowest BCUT2D eigenvalue weighted by molar-refractivity contribution is 0.670. The molecule has 322 valence electrons. The largest absolute Gasteiger partial charge is 0.455 e. The Morgan fingerprint density at radius 3 is 1.36 bits per heavy atom. The van der Waals surface area contributed by atoms with E-state index in [1.165, 1.54) is 70.8 Å². The molecule has 0 aliphatic heterocycles. The number of para-hydroxylation sites is 3. The first-order chi connectivity index (χ1) is 34.2. The van der Waals surface area contributed by atoms with Gasteiger partial charge in [0.05, 0.1) is 11.0 Å². The Labute approximate surface area is 399 Å². The summed E-state index contributed by atoms with van der Waals surface area (Å²) in [5, 5.41) is 12.4. The third-order valence-corrected chi connectivity index (χ3v) is 14.2. The number of furan rings is 1. The second-order valence-electron chi connectivity index (χ2n) is 18.0. The third-order valence-electron chi connectivity index (χ3n) is 14.2. The van der Waals surface area contributed by atoms with Gasteiger partial charge in [-0.25, -0.2) is 0 Å². The van der Waals surface area contributed by atoms with E-state index in [4.69, 9.17) is 4.42 Å². The molecule has 0 aliphatic carbocycles. The minimum Gasteiger partial charge on any atom is -0.455 e. The number of hydrogen-bond donors (Lipinski definition) is 0. The zero-order chi connectivity index (χ0) is 45.4. The smallest absolute Gasteiger partial charge is 0.143 e. The third kappa shape index (κ3) is 6.36. The lowest BCUT2D eigenvalue weighted by Crippen LogP contribution is -2.09. The maximum atomic E-state index is 6.42. The van der Waals surface area contributed by atoms with E-state index in [-0.39, 0.29) is 0 Å². The molecule has 3 nitrogen and oxygen atoms in total. The van der Waals surface area contributed by atoms with Crippen molar-refractivity contribution in [1.29, 1.82) is 0 Å². The summed E-state index contributed by atoms with van der Waals surface area (Å²) in [6.45, 7) is 0. The SMILES string of the molecule is c1ccc(-c2ccc3c(c2)c2cc(-c4ccc(N(c5ccccc5)c5ccc(-c6cccc7c6oc6ccccc67)cc5)cc4)ccc2n3-c2ccc3c4ccccc4c4ccccc4c3c2)cc1. The van der Waals surface area contributed by atoms with Crippen LogP contribution in [-0.2, 0) is 0 Å². The van der Waals surface area contributed by atoms with E-state index in [0.29, 0.717) is 0 Å². The van der Waals surface area contributed by atoms with Gasteiger partial charge in [-0.2, -0.15) is 0 Å². The van der Waals surface area contributed by atoms with Crippen molar-refractivity contribution in [3.8, 4) is 39.1 Å². The molecule has 0 spiro atoms. The van der Waals surface area contributed by atoms with Gasteiger partial charge in [0, 0.05) is 49.9 Å². The molecule has 0 saturated carbocycles. The fraction of sp³-hybridized carbons (Fsp3) is 0. The summed E-state index contributed by atoms with van der Waals surface area (Å²) in [7, 11) is 0. The zero-order valence-electron chi connectivity index (χ0n) is 37.6. The summed E-state index contributed by atoms with van der Waals surface area (Å²) >= 11 is 0. The maximum absolute atomic E-state index is 6.42.